The first-order valence-electron chi connectivity index (χ1n) is 3.06. The Balaban J connectivity index is 3.07. The summed E-state index contributed by atoms with van der Waals surface area (Å²) in [7, 11) is 0. The first-order valence-corrected chi connectivity index (χ1v) is 3.06. The lowest BCUT2D eigenvalue weighted by molar-refractivity contribution is -0.255. The molecule has 60 valence electrons. The van der Waals surface area contributed by atoms with Crippen LogP contribution in [0.15, 0.2) is 10.5 Å². The predicted octanol–water partition coefficient (Wildman–Crippen LogP) is -0.556. The van der Waals surface area contributed by atoms with Crippen molar-refractivity contribution in [3.63, 3.8) is 0 Å². The van der Waals surface area contributed by atoms with Gasteiger partial charge in [0.15, 0.2) is 0 Å². The molecule has 11 heavy (non-hydrogen) atoms. The summed E-state index contributed by atoms with van der Waals surface area (Å²) in [4.78, 5) is 10.3. The third-order valence-corrected chi connectivity index (χ3v) is 1.34. The lowest BCUT2D eigenvalue weighted by Crippen LogP contribution is -2.22. The van der Waals surface area contributed by atoms with Crippen molar-refractivity contribution in [1.29, 1.82) is 0 Å². The second kappa shape index (κ2) is 2.75. The van der Waals surface area contributed by atoms with Crippen LogP contribution in [-0.4, -0.2) is 11.1 Å². The summed E-state index contributed by atoms with van der Waals surface area (Å²) in [5.41, 5.74) is -0.00551. The van der Waals surface area contributed by atoms with Gasteiger partial charge in [0.05, 0.1) is 5.97 Å². The summed E-state index contributed by atoms with van der Waals surface area (Å²) in [6.45, 7) is 1.21. The van der Waals surface area contributed by atoms with Crippen LogP contribution in [0, 0.1) is 6.92 Å². The fourth-order valence-corrected chi connectivity index (χ4v) is 0.824. The second-order valence-corrected chi connectivity index (χ2v) is 2.13. The highest BCUT2D eigenvalue weighted by Crippen LogP contribution is 2.13. The molecule has 1 N–H and O–H groups in total. The van der Waals surface area contributed by atoms with E-state index in [0.29, 0.717) is 0 Å². The van der Waals surface area contributed by atoms with E-state index in [1.165, 1.54) is 13.0 Å². The van der Waals surface area contributed by atoms with Gasteiger partial charge in [-0.25, -0.2) is 0 Å². The zero-order chi connectivity index (χ0) is 8.43. The third-order valence-electron chi connectivity index (χ3n) is 1.34. The Morgan fingerprint density at radius 2 is 2.45 bits per heavy atom. The van der Waals surface area contributed by atoms with Crippen LogP contribution in [0.3, 0.4) is 0 Å². The zero-order valence-electron chi connectivity index (χ0n) is 5.96. The first-order chi connectivity index (χ1) is 5.15. The van der Waals surface area contributed by atoms with Crippen LogP contribution in [0.4, 0.5) is 0 Å². The van der Waals surface area contributed by atoms with Gasteiger partial charge in [0.1, 0.15) is 18.1 Å². The van der Waals surface area contributed by atoms with Crippen LogP contribution < -0.4 is 5.11 Å². The Kier molecular flexibility index (Phi) is 1.96. The Morgan fingerprint density at radius 1 is 1.82 bits per heavy atom. The molecule has 0 aliphatic carbocycles. The van der Waals surface area contributed by atoms with E-state index in [0.717, 1.165) is 0 Å². The minimum atomic E-state index is -1.29. The molecule has 1 heterocycles. The molecule has 4 nitrogen and oxygen atoms in total. The standard InChI is InChI=1S/C7H8O4/c1-4-6(7(9)10)2-5(3-8)11-4/h2,8H,3H2,1H3,(H,9,10)/p-1. The number of hydrogen-bond acceptors (Lipinski definition) is 4. The van der Waals surface area contributed by atoms with Gasteiger partial charge >= 0.3 is 0 Å². The van der Waals surface area contributed by atoms with Crippen LogP contribution in [0.25, 0.3) is 0 Å². The van der Waals surface area contributed by atoms with Crippen LogP contribution >= 0.6 is 0 Å². The maximum atomic E-state index is 10.3. The highest BCUT2D eigenvalue weighted by molar-refractivity contribution is 5.86. The molecule has 1 aromatic rings. The largest absolute Gasteiger partial charge is 0.545 e. The van der Waals surface area contributed by atoms with Crippen LogP contribution in [-0.2, 0) is 6.61 Å². The topological polar surface area (TPSA) is 73.5 Å². The SMILES string of the molecule is Cc1oc(CO)cc1C(=O)[O-]. The third kappa shape index (κ3) is 1.40. The molecule has 0 atom stereocenters. The van der Waals surface area contributed by atoms with Gasteiger partial charge in [0, 0.05) is 5.56 Å². The molecule has 0 saturated carbocycles. The predicted molar refractivity (Wildman–Crippen MR) is 33.7 cm³/mol. The number of aliphatic hydroxyl groups excluding tert-OH is 1. The molecule has 0 amide bonds. The Morgan fingerprint density at radius 3 is 2.73 bits per heavy atom. The van der Waals surface area contributed by atoms with E-state index in [1.807, 2.05) is 0 Å². The summed E-state index contributed by atoms with van der Waals surface area (Å²) in [6.07, 6.45) is 0. The fourth-order valence-electron chi connectivity index (χ4n) is 0.824. The number of carbonyl (C=O) groups is 1. The van der Waals surface area contributed by atoms with Gasteiger partial charge in [0.2, 0.25) is 0 Å². The van der Waals surface area contributed by atoms with E-state index >= 15 is 0 Å². The maximum absolute atomic E-state index is 10.3. The van der Waals surface area contributed by atoms with Crippen molar-refractivity contribution in [1.82, 2.24) is 0 Å². The van der Waals surface area contributed by atoms with Gasteiger partial charge in [-0.05, 0) is 13.0 Å². The van der Waals surface area contributed by atoms with E-state index in [4.69, 9.17) is 9.52 Å². The molecule has 0 unspecified atom stereocenters. The molecular weight excluding hydrogens is 148 g/mol. The van der Waals surface area contributed by atoms with Crippen molar-refractivity contribution in [2.24, 2.45) is 0 Å². The molecular formula is C7H7O4-. The number of furan rings is 1. The molecule has 0 saturated heterocycles. The van der Waals surface area contributed by atoms with E-state index in [1.54, 1.807) is 0 Å². The second-order valence-electron chi connectivity index (χ2n) is 2.13. The van der Waals surface area contributed by atoms with Crippen LogP contribution in [0.1, 0.15) is 21.9 Å². The van der Waals surface area contributed by atoms with Gasteiger partial charge in [0.25, 0.3) is 0 Å². The Hall–Kier alpha value is -1.29. The van der Waals surface area contributed by atoms with Gasteiger partial charge < -0.3 is 19.4 Å². The first kappa shape index (κ1) is 7.81. The number of carboxylic acids is 1. The molecule has 0 aromatic carbocycles. The smallest absolute Gasteiger partial charge is 0.130 e. The molecule has 1 rings (SSSR count). The highest BCUT2D eigenvalue weighted by atomic mass is 16.4. The van der Waals surface area contributed by atoms with Crippen molar-refractivity contribution < 1.29 is 19.4 Å². The minimum absolute atomic E-state index is 0.00551. The summed E-state index contributed by atoms with van der Waals surface area (Å²) < 4.78 is 4.85. The molecule has 0 radical (unpaired) electrons. The van der Waals surface area contributed by atoms with Crippen molar-refractivity contribution in [2.75, 3.05) is 0 Å². The van der Waals surface area contributed by atoms with Crippen LogP contribution in [0.5, 0.6) is 0 Å². The minimum Gasteiger partial charge on any atom is -0.545 e. The van der Waals surface area contributed by atoms with Gasteiger partial charge in [-0.2, -0.15) is 0 Å². The molecule has 0 spiro atoms. The van der Waals surface area contributed by atoms with E-state index in [2.05, 4.69) is 0 Å². The highest BCUT2D eigenvalue weighted by Gasteiger charge is 2.06. The molecule has 0 aliphatic rings. The maximum Gasteiger partial charge on any atom is 0.130 e. The Labute approximate surface area is 63.1 Å². The van der Waals surface area contributed by atoms with Crippen molar-refractivity contribution in [3.8, 4) is 0 Å². The zero-order valence-corrected chi connectivity index (χ0v) is 5.96. The molecule has 1 aromatic heterocycles. The van der Waals surface area contributed by atoms with Gasteiger partial charge in [-0.1, -0.05) is 0 Å². The lowest BCUT2D eigenvalue weighted by atomic mass is 10.2. The molecule has 0 aliphatic heterocycles. The van der Waals surface area contributed by atoms with Crippen molar-refractivity contribution in [2.45, 2.75) is 13.5 Å². The average Bonchev–Trinajstić information content (AvgIpc) is 2.30. The van der Waals surface area contributed by atoms with Crippen molar-refractivity contribution >= 4 is 5.97 Å². The lowest BCUT2D eigenvalue weighted by Gasteiger charge is -1.95. The van der Waals surface area contributed by atoms with Crippen LogP contribution in [0.2, 0.25) is 0 Å². The average molecular weight is 155 g/mol. The van der Waals surface area contributed by atoms with Gasteiger partial charge in [-0.3, -0.25) is 0 Å². The van der Waals surface area contributed by atoms with Gasteiger partial charge in [-0.15, -0.1) is 0 Å². The number of carbonyl (C=O) groups excluding carboxylic acids is 1. The summed E-state index contributed by atoms with van der Waals surface area (Å²) >= 11 is 0. The van der Waals surface area contributed by atoms with E-state index in [9.17, 15) is 9.90 Å². The monoisotopic (exact) mass is 155 g/mol. The number of aromatic carboxylic acids is 1. The Bertz CT molecular complexity index is 274. The summed E-state index contributed by atoms with van der Waals surface area (Å²) in [6, 6.07) is 1.25. The normalized spacial score (nSPS) is 10.0. The van der Waals surface area contributed by atoms with E-state index < -0.39 is 5.97 Å². The van der Waals surface area contributed by atoms with E-state index in [-0.39, 0.29) is 23.7 Å². The quantitative estimate of drug-likeness (QED) is 0.621. The van der Waals surface area contributed by atoms with Crippen molar-refractivity contribution in [3.05, 3.63) is 23.2 Å². The summed E-state index contributed by atoms with van der Waals surface area (Å²) in [5, 5.41) is 18.8. The number of carboxylic acid groups (broad SMARTS) is 1. The molecule has 4 heteroatoms. The summed E-state index contributed by atoms with van der Waals surface area (Å²) in [5.74, 6) is -0.790. The molecule has 0 fully saturated rings. The number of rotatable bonds is 2. The number of aryl methyl sites for hydroxylation is 1. The molecule has 0 bridgehead atoms. The fraction of sp³-hybridized carbons (Fsp3) is 0.286. The number of hydrogen-bond donors (Lipinski definition) is 1. The number of aliphatic hydroxyl groups is 1.